The van der Waals surface area contributed by atoms with E-state index in [1.165, 1.54) is 12.1 Å². The van der Waals surface area contributed by atoms with E-state index >= 15 is 0 Å². The van der Waals surface area contributed by atoms with Crippen molar-refractivity contribution in [2.45, 2.75) is 13.1 Å². The van der Waals surface area contributed by atoms with Gasteiger partial charge in [0.05, 0.1) is 5.02 Å². The zero-order valence-corrected chi connectivity index (χ0v) is 10.0. The van der Waals surface area contributed by atoms with Crippen molar-refractivity contribution in [1.29, 1.82) is 0 Å². The topological polar surface area (TPSA) is 46.5 Å². The van der Waals surface area contributed by atoms with Gasteiger partial charge in [0, 0.05) is 0 Å². The summed E-state index contributed by atoms with van der Waals surface area (Å²) < 4.78 is 41.9. The fraction of sp³-hybridized carbons (Fsp3) is 0.364. The van der Waals surface area contributed by atoms with Crippen molar-refractivity contribution in [2.75, 3.05) is 6.61 Å². The fourth-order valence-electron chi connectivity index (χ4n) is 1.20. The fourth-order valence-corrected chi connectivity index (χ4v) is 1.37. The maximum atomic E-state index is 12.4. The molecule has 0 amide bonds. The zero-order chi connectivity index (χ0) is 13.9. The van der Waals surface area contributed by atoms with Gasteiger partial charge in [-0.15, -0.1) is 0 Å². The molecule has 0 radical (unpaired) electrons. The Morgan fingerprint density at radius 3 is 2.61 bits per heavy atom. The summed E-state index contributed by atoms with van der Waals surface area (Å²) in [6.07, 6.45) is -4.86. The van der Waals surface area contributed by atoms with Crippen LogP contribution in [-0.4, -0.2) is 23.9 Å². The minimum Gasteiger partial charge on any atom is -0.491 e. The number of aryl methyl sites for hydroxylation is 1. The van der Waals surface area contributed by atoms with Gasteiger partial charge in [-0.3, -0.25) is 4.79 Å². The number of carboxylic acids is 1. The van der Waals surface area contributed by atoms with Crippen molar-refractivity contribution in [2.24, 2.45) is 5.92 Å². The highest BCUT2D eigenvalue weighted by molar-refractivity contribution is 6.32. The normalized spacial score (nSPS) is 13.2. The average Bonchev–Trinajstić information content (AvgIpc) is 2.20. The van der Waals surface area contributed by atoms with Gasteiger partial charge >= 0.3 is 12.1 Å². The molecule has 7 heteroatoms. The van der Waals surface area contributed by atoms with Crippen LogP contribution in [0.1, 0.15) is 5.56 Å². The van der Waals surface area contributed by atoms with E-state index in [1.54, 1.807) is 13.0 Å². The number of ether oxygens (including phenoxy) is 1. The van der Waals surface area contributed by atoms with Crippen LogP contribution in [0.15, 0.2) is 18.2 Å². The van der Waals surface area contributed by atoms with Crippen LogP contribution in [0.2, 0.25) is 5.02 Å². The summed E-state index contributed by atoms with van der Waals surface area (Å²) in [7, 11) is 0. The van der Waals surface area contributed by atoms with Gasteiger partial charge in [0.1, 0.15) is 12.4 Å². The number of halogens is 4. The molecule has 18 heavy (non-hydrogen) atoms. The number of benzene rings is 1. The van der Waals surface area contributed by atoms with Gasteiger partial charge in [0.15, 0.2) is 5.92 Å². The van der Waals surface area contributed by atoms with Gasteiger partial charge in [-0.1, -0.05) is 17.7 Å². The molecule has 0 aliphatic rings. The Balaban J connectivity index is 2.79. The van der Waals surface area contributed by atoms with Crippen molar-refractivity contribution in [1.82, 2.24) is 0 Å². The summed E-state index contributed by atoms with van der Waals surface area (Å²) in [5.74, 6) is -4.52. The van der Waals surface area contributed by atoms with Crippen molar-refractivity contribution < 1.29 is 27.8 Å². The van der Waals surface area contributed by atoms with Crippen LogP contribution in [0.25, 0.3) is 0 Å². The Morgan fingerprint density at radius 2 is 2.11 bits per heavy atom. The van der Waals surface area contributed by atoms with Crippen molar-refractivity contribution >= 4 is 17.6 Å². The van der Waals surface area contributed by atoms with Gasteiger partial charge in [0.25, 0.3) is 0 Å². The Morgan fingerprint density at radius 1 is 1.50 bits per heavy atom. The largest absolute Gasteiger partial charge is 0.491 e. The monoisotopic (exact) mass is 282 g/mol. The van der Waals surface area contributed by atoms with Gasteiger partial charge < -0.3 is 9.84 Å². The first-order valence-corrected chi connectivity index (χ1v) is 5.28. The van der Waals surface area contributed by atoms with Gasteiger partial charge in [-0.2, -0.15) is 13.2 Å². The van der Waals surface area contributed by atoms with Crippen molar-refractivity contribution in [3.8, 4) is 5.75 Å². The minimum absolute atomic E-state index is 0.0344. The Labute approximate surface area is 106 Å². The molecule has 1 aromatic carbocycles. The van der Waals surface area contributed by atoms with E-state index in [0.29, 0.717) is 0 Å². The molecule has 0 aliphatic heterocycles. The highest BCUT2D eigenvalue weighted by Crippen LogP contribution is 2.30. The van der Waals surface area contributed by atoms with Crippen LogP contribution in [-0.2, 0) is 4.79 Å². The number of carbonyl (C=O) groups is 1. The molecule has 1 unspecified atom stereocenters. The highest BCUT2D eigenvalue weighted by atomic mass is 35.5. The van der Waals surface area contributed by atoms with Crippen LogP contribution < -0.4 is 4.74 Å². The molecular weight excluding hydrogens is 273 g/mol. The first-order chi connectivity index (χ1) is 8.21. The highest BCUT2D eigenvalue weighted by Gasteiger charge is 2.45. The molecule has 100 valence electrons. The second kappa shape index (κ2) is 5.48. The van der Waals surface area contributed by atoms with E-state index in [9.17, 15) is 18.0 Å². The number of hydrogen-bond acceptors (Lipinski definition) is 2. The van der Waals surface area contributed by atoms with Crippen molar-refractivity contribution in [3.63, 3.8) is 0 Å². The van der Waals surface area contributed by atoms with Crippen LogP contribution in [0.5, 0.6) is 5.75 Å². The molecule has 0 aromatic heterocycles. The lowest BCUT2D eigenvalue weighted by atomic mass is 10.1. The second-order valence-electron chi connectivity index (χ2n) is 3.68. The van der Waals surface area contributed by atoms with Crippen molar-refractivity contribution in [3.05, 3.63) is 28.8 Å². The lowest BCUT2D eigenvalue weighted by Crippen LogP contribution is -2.35. The molecule has 0 bridgehead atoms. The van der Waals surface area contributed by atoms with E-state index in [-0.39, 0.29) is 10.8 Å². The third-order valence-corrected chi connectivity index (χ3v) is 2.50. The predicted molar refractivity (Wildman–Crippen MR) is 58.9 cm³/mol. The van der Waals surface area contributed by atoms with Gasteiger partial charge in [0.2, 0.25) is 0 Å². The van der Waals surface area contributed by atoms with Crippen LogP contribution in [0.3, 0.4) is 0 Å². The molecule has 0 spiro atoms. The maximum Gasteiger partial charge on any atom is 0.405 e. The molecule has 1 rings (SSSR count). The second-order valence-corrected chi connectivity index (χ2v) is 4.08. The molecule has 1 aromatic rings. The minimum atomic E-state index is -4.86. The molecule has 0 saturated heterocycles. The summed E-state index contributed by atoms with van der Waals surface area (Å²) in [4.78, 5) is 10.5. The average molecular weight is 283 g/mol. The molecular formula is C11H10ClF3O3. The molecule has 1 N–H and O–H groups in total. The third-order valence-electron chi connectivity index (χ3n) is 2.19. The SMILES string of the molecule is Cc1ccc(Cl)c(OCC(C(=O)O)C(F)(F)F)c1. The molecule has 0 heterocycles. The summed E-state index contributed by atoms with van der Waals surface area (Å²) in [5.41, 5.74) is 0.744. The zero-order valence-electron chi connectivity index (χ0n) is 9.29. The van der Waals surface area contributed by atoms with Crippen LogP contribution >= 0.6 is 11.6 Å². The van der Waals surface area contributed by atoms with E-state index in [0.717, 1.165) is 5.56 Å². The predicted octanol–water partition coefficient (Wildman–Crippen LogP) is 3.29. The van der Waals surface area contributed by atoms with Crippen LogP contribution in [0.4, 0.5) is 13.2 Å². The van der Waals surface area contributed by atoms with Crippen LogP contribution in [0, 0.1) is 12.8 Å². The Hall–Kier alpha value is -1.43. The molecule has 0 fully saturated rings. The van der Waals surface area contributed by atoms with Gasteiger partial charge in [-0.25, -0.2) is 0 Å². The number of carboxylic acid groups (broad SMARTS) is 1. The van der Waals surface area contributed by atoms with E-state index in [4.69, 9.17) is 21.4 Å². The molecule has 0 aliphatic carbocycles. The Bertz CT molecular complexity index is 446. The first kappa shape index (κ1) is 14.6. The smallest absolute Gasteiger partial charge is 0.405 e. The van der Waals surface area contributed by atoms with E-state index in [2.05, 4.69) is 0 Å². The standard InChI is InChI=1S/C11H10ClF3O3/c1-6-2-3-8(12)9(4-6)18-5-7(10(16)17)11(13,14)15/h2-4,7H,5H2,1H3,(H,16,17). The molecule has 0 saturated carbocycles. The third kappa shape index (κ3) is 3.80. The lowest BCUT2D eigenvalue weighted by molar-refractivity contribution is -0.198. The van der Waals surface area contributed by atoms with E-state index in [1.807, 2.05) is 0 Å². The summed E-state index contributed by atoms with van der Waals surface area (Å²) >= 11 is 5.72. The number of alkyl halides is 3. The number of rotatable bonds is 4. The first-order valence-electron chi connectivity index (χ1n) is 4.90. The molecule has 1 atom stereocenters. The lowest BCUT2D eigenvalue weighted by Gasteiger charge is -2.17. The quantitative estimate of drug-likeness (QED) is 0.922. The summed E-state index contributed by atoms with van der Waals surface area (Å²) in [5, 5.41) is 8.61. The maximum absolute atomic E-state index is 12.4. The number of aliphatic carboxylic acids is 1. The van der Waals surface area contributed by atoms with E-state index < -0.39 is 24.7 Å². The Kier molecular flexibility index (Phi) is 4.45. The summed E-state index contributed by atoms with van der Waals surface area (Å²) in [6.45, 7) is 0.698. The number of hydrogen-bond donors (Lipinski definition) is 1. The van der Waals surface area contributed by atoms with Gasteiger partial charge in [-0.05, 0) is 24.6 Å². The summed E-state index contributed by atoms with van der Waals surface area (Å²) in [6, 6.07) is 4.57. The molecule has 3 nitrogen and oxygen atoms in total.